The van der Waals surface area contributed by atoms with Crippen LogP contribution in [0.15, 0.2) is 47.6 Å². The summed E-state index contributed by atoms with van der Waals surface area (Å²) in [6.07, 6.45) is 0.813. The van der Waals surface area contributed by atoms with Gasteiger partial charge in [0.25, 0.3) is 0 Å². The second-order valence-corrected chi connectivity index (χ2v) is 4.61. The molecule has 0 fully saturated rings. The van der Waals surface area contributed by atoms with Crippen LogP contribution in [0.2, 0.25) is 0 Å². The summed E-state index contributed by atoms with van der Waals surface area (Å²) in [5.41, 5.74) is 8.46. The number of carbonyl (C=O) groups is 1. The molecular formula is C15H16N4O2. The van der Waals surface area contributed by atoms with Crippen LogP contribution in [-0.2, 0) is 4.74 Å². The molecule has 1 atom stereocenters. The Morgan fingerprint density at radius 1 is 1.38 bits per heavy atom. The average Bonchev–Trinajstić information content (AvgIpc) is 2.97. The Morgan fingerprint density at radius 2 is 2.19 bits per heavy atom. The summed E-state index contributed by atoms with van der Waals surface area (Å²) in [6, 6.07) is 11.3. The number of hydrogen-bond donors (Lipinski definition) is 2. The Morgan fingerprint density at radius 3 is 3.00 bits per heavy atom. The van der Waals surface area contributed by atoms with E-state index in [2.05, 4.69) is 10.3 Å². The second kappa shape index (κ2) is 5.32. The van der Waals surface area contributed by atoms with Crippen LogP contribution < -0.4 is 11.1 Å². The van der Waals surface area contributed by atoms with Crippen molar-refractivity contribution in [1.29, 1.82) is 0 Å². The van der Waals surface area contributed by atoms with Crippen LogP contribution in [0.25, 0.3) is 0 Å². The largest absolute Gasteiger partial charge is 0.449 e. The van der Waals surface area contributed by atoms with Gasteiger partial charge in [0.2, 0.25) is 0 Å². The van der Waals surface area contributed by atoms with E-state index in [9.17, 15) is 4.79 Å². The van der Waals surface area contributed by atoms with E-state index in [0.717, 1.165) is 11.3 Å². The molecule has 1 aromatic heterocycles. The van der Waals surface area contributed by atoms with Crippen LogP contribution in [0, 0.1) is 0 Å². The summed E-state index contributed by atoms with van der Waals surface area (Å²) in [4.78, 5) is 16.4. The number of nitrogens with zero attached hydrogens (tertiary/aromatic N) is 2. The standard InChI is InChI=1S/C15H16N4O2/c1-2-21-15(20)19-9-5-8-12(19)14-17-11-7-4-3-6-10(11)13(16)18-14/h3-9,14,17H,2H2,1H3,(H2,16,18). The zero-order chi connectivity index (χ0) is 14.8. The fraction of sp³-hybridized carbons (Fsp3) is 0.200. The quantitative estimate of drug-likeness (QED) is 0.886. The number of ether oxygens (including phenoxy) is 1. The normalized spacial score (nSPS) is 16.6. The van der Waals surface area contributed by atoms with Crippen LogP contribution in [0.4, 0.5) is 10.5 Å². The molecule has 1 aromatic carbocycles. The lowest BCUT2D eigenvalue weighted by atomic mass is 10.1. The molecule has 3 N–H and O–H groups in total. The Bertz CT molecular complexity index is 705. The molecule has 2 aromatic rings. The maximum atomic E-state index is 11.9. The lowest BCUT2D eigenvalue weighted by molar-refractivity contribution is 0.153. The maximum absolute atomic E-state index is 11.9. The van der Waals surface area contributed by atoms with Crippen molar-refractivity contribution in [2.75, 3.05) is 11.9 Å². The Labute approximate surface area is 122 Å². The highest BCUT2D eigenvalue weighted by Gasteiger charge is 2.23. The number of aromatic nitrogens is 1. The van der Waals surface area contributed by atoms with E-state index >= 15 is 0 Å². The number of amidine groups is 1. The molecule has 2 heterocycles. The van der Waals surface area contributed by atoms with Gasteiger partial charge in [-0.25, -0.2) is 9.79 Å². The molecule has 0 spiro atoms. The van der Waals surface area contributed by atoms with Crippen molar-refractivity contribution in [2.24, 2.45) is 10.7 Å². The van der Waals surface area contributed by atoms with E-state index in [0.29, 0.717) is 18.1 Å². The summed E-state index contributed by atoms with van der Waals surface area (Å²) in [6.45, 7) is 2.09. The van der Waals surface area contributed by atoms with Gasteiger partial charge in [-0.1, -0.05) is 12.1 Å². The van der Waals surface area contributed by atoms with Gasteiger partial charge in [0.1, 0.15) is 5.84 Å². The monoisotopic (exact) mass is 284 g/mol. The van der Waals surface area contributed by atoms with Gasteiger partial charge in [0, 0.05) is 17.4 Å². The van der Waals surface area contributed by atoms with Gasteiger partial charge in [-0.2, -0.15) is 0 Å². The van der Waals surface area contributed by atoms with E-state index in [1.807, 2.05) is 30.3 Å². The second-order valence-electron chi connectivity index (χ2n) is 4.61. The molecule has 1 unspecified atom stereocenters. The molecule has 6 heteroatoms. The smallest absolute Gasteiger partial charge is 0.418 e. The molecule has 3 rings (SSSR count). The lowest BCUT2D eigenvalue weighted by Crippen LogP contribution is -2.27. The molecule has 0 saturated carbocycles. The topological polar surface area (TPSA) is 81.6 Å². The third-order valence-electron chi connectivity index (χ3n) is 3.29. The fourth-order valence-electron chi connectivity index (χ4n) is 2.34. The summed E-state index contributed by atoms with van der Waals surface area (Å²) < 4.78 is 6.47. The number of nitrogens with two attached hydrogens (primary N) is 1. The summed E-state index contributed by atoms with van der Waals surface area (Å²) in [5, 5.41) is 3.27. The zero-order valence-electron chi connectivity index (χ0n) is 11.6. The molecule has 0 aliphatic carbocycles. The number of anilines is 1. The minimum absolute atomic E-state index is 0.322. The Balaban J connectivity index is 1.96. The molecule has 108 valence electrons. The van der Waals surface area contributed by atoms with Crippen molar-refractivity contribution >= 4 is 17.6 Å². The van der Waals surface area contributed by atoms with Crippen molar-refractivity contribution in [3.63, 3.8) is 0 Å². The number of rotatable bonds is 2. The number of carbonyl (C=O) groups excluding carboxylic acids is 1. The van der Waals surface area contributed by atoms with Gasteiger partial charge in [0.05, 0.1) is 12.3 Å². The molecule has 21 heavy (non-hydrogen) atoms. The van der Waals surface area contributed by atoms with E-state index in [1.54, 1.807) is 19.2 Å². The number of nitrogens with one attached hydrogen (secondary N) is 1. The van der Waals surface area contributed by atoms with Gasteiger partial charge in [-0.3, -0.25) is 4.57 Å². The zero-order valence-corrected chi connectivity index (χ0v) is 11.6. The highest BCUT2D eigenvalue weighted by atomic mass is 16.5. The van der Waals surface area contributed by atoms with Gasteiger partial charge in [-0.15, -0.1) is 0 Å². The minimum Gasteiger partial charge on any atom is -0.449 e. The third kappa shape index (κ3) is 2.35. The van der Waals surface area contributed by atoms with Crippen molar-refractivity contribution in [1.82, 2.24) is 4.57 Å². The molecule has 0 bridgehead atoms. The van der Waals surface area contributed by atoms with Crippen LogP contribution in [0.3, 0.4) is 0 Å². The van der Waals surface area contributed by atoms with Gasteiger partial charge in [0.15, 0.2) is 6.17 Å². The summed E-state index contributed by atoms with van der Waals surface area (Å²) >= 11 is 0. The average molecular weight is 284 g/mol. The molecule has 0 radical (unpaired) electrons. The number of benzene rings is 1. The summed E-state index contributed by atoms with van der Waals surface area (Å²) in [5.74, 6) is 0.450. The van der Waals surface area contributed by atoms with Crippen LogP contribution in [0.1, 0.15) is 24.3 Å². The Hall–Kier alpha value is -2.76. The third-order valence-corrected chi connectivity index (χ3v) is 3.29. The van der Waals surface area contributed by atoms with E-state index in [1.165, 1.54) is 4.57 Å². The van der Waals surface area contributed by atoms with E-state index in [4.69, 9.17) is 10.5 Å². The van der Waals surface area contributed by atoms with Crippen LogP contribution in [0.5, 0.6) is 0 Å². The predicted octanol–water partition coefficient (Wildman–Crippen LogP) is 2.32. The molecule has 1 aliphatic rings. The molecular weight excluding hydrogens is 268 g/mol. The number of para-hydroxylation sites is 1. The van der Waals surface area contributed by atoms with Gasteiger partial charge < -0.3 is 15.8 Å². The minimum atomic E-state index is -0.424. The number of fused-ring (bicyclic) bond motifs is 1. The first-order valence-electron chi connectivity index (χ1n) is 6.74. The van der Waals surface area contributed by atoms with Crippen LogP contribution >= 0.6 is 0 Å². The SMILES string of the molecule is CCOC(=O)n1cccc1C1N=C(N)c2ccccc2N1. The molecule has 1 aliphatic heterocycles. The lowest BCUT2D eigenvalue weighted by Gasteiger charge is -2.24. The molecule has 0 amide bonds. The van der Waals surface area contributed by atoms with Crippen LogP contribution in [-0.4, -0.2) is 23.1 Å². The summed E-state index contributed by atoms with van der Waals surface area (Å²) in [7, 11) is 0. The van der Waals surface area contributed by atoms with Crippen molar-refractivity contribution in [3.05, 3.63) is 53.9 Å². The van der Waals surface area contributed by atoms with E-state index in [-0.39, 0.29) is 0 Å². The Kier molecular flexibility index (Phi) is 3.35. The molecule has 0 saturated heterocycles. The van der Waals surface area contributed by atoms with Crippen molar-refractivity contribution in [3.8, 4) is 0 Å². The highest BCUT2D eigenvalue weighted by Crippen LogP contribution is 2.28. The van der Waals surface area contributed by atoms with Crippen molar-refractivity contribution < 1.29 is 9.53 Å². The van der Waals surface area contributed by atoms with E-state index < -0.39 is 12.3 Å². The maximum Gasteiger partial charge on any atom is 0.418 e. The first-order valence-corrected chi connectivity index (χ1v) is 6.74. The first kappa shape index (κ1) is 13.2. The van der Waals surface area contributed by atoms with Gasteiger partial charge in [-0.05, 0) is 31.2 Å². The predicted molar refractivity (Wildman–Crippen MR) is 80.4 cm³/mol. The number of hydrogen-bond acceptors (Lipinski definition) is 5. The molecule has 6 nitrogen and oxygen atoms in total. The number of aliphatic imine (C=N–C) groups is 1. The highest BCUT2D eigenvalue weighted by molar-refractivity contribution is 6.03. The van der Waals surface area contributed by atoms with Gasteiger partial charge >= 0.3 is 6.09 Å². The fourth-order valence-corrected chi connectivity index (χ4v) is 2.34. The van der Waals surface area contributed by atoms with Crippen molar-refractivity contribution in [2.45, 2.75) is 13.1 Å². The first-order chi connectivity index (χ1) is 10.2.